The molecule has 2 rings (SSSR count). The van der Waals surface area contributed by atoms with Gasteiger partial charge in [-0.1, -0.05) is 32.1 Å². The Hall–Kier alpha value is -0.280. The van der Waals surface area contributed by atoms with Gasteiger partial charge in [0.2, 0.25) is 5.91 Å². The highest BCUT2D eigenvalue weighted by Gasteiger charge is 2.22. The third-order valence-corrected chi connectivity index (χ3v) is 4.79. The van der Waals surface area contributed by atoms with Crippen LogP contribution in [0, 0.1) is 11.8 Å². The van der Waals surface area contributed by atoms with Gasteiger partial charge >= 0.3 is 0 Å². The van der Waals surface area contributed by atoms with Gasteiger partial charge in [-0.05, 0) is 45.1 Å². The van der Waals surface area contributed by atoms with Gasteiger partial charge in [0.1, 0.15) is 0 Å². The zero-order chi connectivity index (χ0) is 13.5. The van der Waals surface area contributed by atoms with E-state index in [1.165, 1.54) is 38.5 Å². The molecule has 3 nitrogen and oxygen atoms in total. The molecule has 1 saturated carbocycles. The summed E-state index contributed by atoms with van der Waals surface area (Å²) < 4.78 is 0. The van der Waals surface area contributed by atoms with Crippen molar-refractivity contribution in [3.8, 4) is 0 Å². The lowest BCUT2D eigenvalue weighted by Gasteiger charge is -2.26. The molecule has 2 unspecified atom stereocenters. The number of hydrogen-bond donors (Lipinski definition) is 2. The van der Waals surface area contributed by atoms with Crippen molar-refractivity contribution in [3.05, 3.63) is 0 Å². The Morgan fingerprint density at radius 1 is 1.20 bits per heavy atom. The van der Waals surface area contributed by atoms with E-state index >= 15 is 0 Å². The lowest BCUT2D eigenvalue weighted by molar-refractivity contribution is -0.126. The highest BCUT2D eigenvalue weighted by Crippen LogP contribution is 2.27. The lowest BCUT2D eigenvalue weighted by Crippen LogP contribution is -2.43. The number of carbonyl (C=O) groups is 1. The van der Waals surface area contributed by atoms with E-state index in [9.17, 15) is 4.79 Å². The summed E-state index contributed by atoms with van der Waals surface area (Å²) in [5, 5.41) is 6.52. The Kier molecular flexibility index (Phi) is 8.55. The maximum atomic E-state index is 12.1. The average Bonchev–Trinajstić information content (AvgIpc) is 2.47. The van der Waals surface area contributed by atoms with E-state index in [1.807, 2.05) is 0 Å². The summed E-state index contributed by atoms with van der Waals surface area (Å²) in [5.74, 6) is 1.39. The first-order chi connectivity index (χ1) is 9.25. The normalized spacial score (nSPS) is 25.6. The fraction of sp³-hybridized carbons (Fsp3) is 0.938. The van der Waals surface area contributed by atoms with Crippen molar-refractivity contribution in [2.45, 2.75) is 70.8 Å². The van der Waals surface area contributed by atoms with Gasteiger partial charge in [0.25, 0.3) is 0 Å². The minimum Gasteiger partial charge on any atom is -0.353 e. The SMILES string of the molecule is CC(CCC1CCCCC1)NC(=O)C1CCCNC1.Cl. The van der Waals surface area contributed by atoms with Crippen LogP contribution >= 0.6 is 12.4 Å². The molecule has 0 spiro atoms. The minimum atomic E-state index is 0. The van der Waals surface area contributed by atoms with Crippen LogP contribution in [0.1, 0.15) is 64.7 Å². The number of hydrogen-bond acceptors (Lipinski definition) is 2. The molecule has 4 heteroatoms. The van der Waals surface area contributed by atoms with Crippen LogP contribution in [-0.2, 0) is 4.79 Å². The Morgan fingerprint density at radius 2 is 1.95 bits per heavy atom. The van der Waals surface area contributed by atoms with E-state index in [2.05, 4.69) is 17.6 Å². The molecule has 1 saturated heterocycles. The molecule has 2 N–H and O–H groups in total. The van der Waals surface area contributed by atoms with Gasteiger partial charge in [-0.2, -0.15) is 0 Å². The molecule has 0 bridgehead atoms. The quantitative estimate of drug-likeness (QED) is 0.818. The van der Waals surface area contributed by atoms with E-state index in [4.69, 9.17) is 0 Å². The largest absolute Gasteiger partial charge is 0.353 e. The number of piperidine rings is 1. The molecule has 0 aromatic heterocycles. The Bertz CT molecular complexity index is 274. The second-order valence-corrected chi connectivity index (χ2v) is 6.53. The van der Waals surface area contributed by atoms with Crippen molar-refractivity contribution in [2.24, 2.45) is 11.8 Å². The average molecular weight is 303 g/mol. The summed E-state index contributed by atoms with van der Waals surface area (Å²) in [6.07, 6.45) is 11.7. The molecule has 2 aliphatic rings. The van der Waals surface area contributed by atoms with Gasteiger partial charge in [0, 0.05) is 12.6 Å². The summed E-state index contributed by atoms with van der Waals surface area (Å²) in [7, 11) is 0. The molecule has 1 heterocycles. The molecule has 1 aliphatic heterocycles. The monoisotopic (exact) mass is 302 g/mol. The first-order valence-corrected chi connectivity index (χ1v) is 8.27. The molecule has 1 amide bonds. The van der Waals surface area contributed by atoms with Crippen molar-refractivity contribution < 1.29 is 4.79 Å². The molecular weight excluding hydrogens is 272 g/mol. The Balaban J connectivity index is 0.00000200. The third kappa shape index (κ3) is 6.01. The molecule has 2 fully saturated rings. The maximum absolute atomic E-state index is 12.1. The van der Waals surface area contributed by atoms with E-state index in [0.717, 1.165) is 38.3 Å². The van der Waals surface area contributed by atoms with Gasteiger partial charge in [0.15, 0.2) is 0 Å². The summed E-state index contributed by atoms with van der Waals surface area (Å²) in [6.45, 7) is 4.10. The summed E-state index contributed by atoms with van der Waals surface area (Å²) >= 11 is 0. The first kappa shape index (κ1) is 17.8. The van der Waals surface area contributed by atoms with Crippen molar-refractivity contribution in [1.29, 1.82) is 0 Å². The van der Waals surface area contributed by atoms with Gasteiger partial charge < -0.3 is 10.6 Å². The van der Waals surface area contributed by atoms with Crippen LogP contribution in [0.2, 0.25) is 0 Å². The number of rotatable bonds is 5. The molecule has 0 aromatic rings. The molecule has 2 atom stereocenters. The number of nitrogens with one attached hydrogen (secondary N) is 2. The van der Waals surface area contributed by atoms with Gasteiger partial charge in [-0.3, -0.25) is 4.79 Å². The van der Waals surface area contributed by atoms with E-state index in [1.54, 1.807) is 0 Å². The highest BCUT2D eigenvalue weighted by molar-refractivity contribution is 5.85. The number of amides is 1. The zero-order valence-corrected chi connectivity index (χ0v) is 13.6. The molecule has 0 aromatic carbocycles. The van der Waals surface area contributed by atoms with E-state index < -0.39 is 0 Å². The molecular formula is C16H31ClN2O. The fourth-order valence-electron chi connectivity index (χ4n) is 3.47. The van der Waals surface area contributed by atoms with Crippen LogP contribution in [-0.4, -0.2) is 25.0 Å². The second-order valence-electron chi connectivity index (χ2n) is 6.53. The standard InChI is InChI=1S/C16H30N2O.ClH/c1-13(9-10-14-6-3-2-4-7-14)18-16(19)15-8-5-11-17-12-15;/h13-15,17H,2-12H2,1H3,(H,18,19);1H. The van der Waals surface area contributed by atoms with Crippen LogP contribution in [0.25, 0.3) is 0 Å². The van der Waals surface area contributed by atoms with Crippen LogP contribution in [0.3, 0.4) is 0 Å². The summed E-state index contributed by atoms with van der Waals surface area (Å²) in [4.78, 5) is 12.1. The number of carbonyl (C=O) groups excluding carboxylic acids is 1. The van der Waals surface area contributed by atoms with Gasteiger partial charge in [-0.25, -0.2) is 0 Å². The van der Waals surface area contributed by atoms with Crippen LogP contribution in [0.15, 0.2) is 0 Å². The first-order valence-electron chi connectivity index (χ1n) is 8.27. The van der Waals surface area contributed by atoms with Gasteiger partial charge in [-0.15, -0.1) is 12.4 Å². The van der Waals surface area contributed by atoms with Crippen LogP contribution < -0.4 is 10.6 Å². The highest BCUT2D eigenvalue weighted by atomic mass is 35.5. The molecule has 1 aliphatic carbocycles. The molecule has 20 heavy (non-hydrogen) atoms. The molecule has 0 radical (unpaired) electrons. The van der Waals surface area contributed by atoms with Crippen molar-refractivity contribution in [2.75, 3.05) is 13.1 Å². The minimum absolute atomic E-state index is 0. The third-order valence-electron chi connectivity index (χ3n) is 4.79. The van der Waals surface area contributed by atoms with E-state index in [0.29, 0.717) is 6.04 Å². The summed E-state index contributed by atoms with van der Waals surface area (Å²) in [5.41, 5.74) is 0. The van der Waals surface area contributed by atoms with Crippen molar-refractivity contribution in [3.63, 3.8) is 0 Å². The second kappa shape index (κ2) is 9.62. The van der Waals surface area contributed by atoms with Crippen LogP contribution in [0.4, 0.5) is 0 Å². The lowest BCUT2D eigenvalue weighted by atomic mass is 9.85. The topological polar surface area (TPSA) is 41.1 Å². The predicted molar refractivity (Wildman–Crippen MR) is 86.3 cm³/mol. The van der Waals surface area contributed by atoms with Crippen molar-refractivity contribution in [1.82, 2.24) is 10.6 Å². The summed E-state index contributed by atoms with van der Waals surface area (Å²) in [6, 6.07) is 0.344. The fourth-order valence-corrected chi connectivity index (χ4v) is 3.47. The van der Waals surface area contributed by atoms with Crippen molar-refractivity contribution >= 4 is 18.3 Å². The Morgan fingerprint density at radius 3 is 2.60 bits per heavy atom. The van der Waals surface area contributed by atoms with Crippen LogP contribution in [0.5, 0.6) is 0 Å². The van der Waals surface area contributed by atoms with Gasteiger partial charge in [0.05, 0.1) is 5.92 Å². The number of halogens is 1. The van der Waals surface area contributed by atoms with E-state index in [-0.39, 0.29) is 24.2 Å². The maximum Gasteiger partial charge on any atom is 0.224 e. The molecule has 118 valence electrons. The predicted octanol–water partition coefficient (Wildman–Crippen LogP) is 3.27. The smallest absolute Gasteiger partial charge is 0.224 e. The zero-order valence-electron chi connectivity index (χ0n) is 12.8. The Labute approximate surface area is 130 Å².